The van der Waals surface area contributed by atoms with Gasteiger partial charge in [0.1, 0.15) is 5.03 Å². The number of hydrogen-bond donors (Lipinski definition) is 1. The summed E-state index contributed by atoms with van der Waals surface area (Å²) < 4.78 is 1.08. The molecule has 0 N–H and O–H groups in total. The number of aromatic nitrogens is 1. The van der Waals surface area contributed by atoms with E-state index in [1.807, 2.05) is 18.3 Å². The van der Waals surface area contributed by atoms with Crippen LogP contribution >= 0.6 is 40.3 Å². The molecule has 1 aromatic rings. The molecule has 0 aliphatic carbocycles. The molecular formula is C9H12BrNS2. The SMILES string of the molecule is CC(CS)CSc1ncccc1Br. The molecule has 1 unspecified atom stereocenters. The van der Waals surface area contributed by atoms with Crippen molar-refractivity contribution in [1.29, 1.82) is 0 Å². The zero-order chi connectivity index (χ0) is 9.68. The van der Waals surface area contributed by atoms with Gasteiger partial charge in [0.15, 0.2) is 0 Å². The van der Waals surface area contributed by atoms with Crippen LogP contribution in [-0.2, 0) is 0 Å². The Morgan fingerprint density at radius 2 is 2.46 bits per heavy atom. The topological polar surface area (TPSA) is 12.9 Å². The van der Waals surface area contributed by atoms with Gasteiger partial charge in [0.05, 0.1) is 0 Å². The van der Waals surface area contributed by atoms with E-state index < -0.39 is 0 Å². The molecule has 0 saturated carbocycles. The molecule has 1 aromatic heterocycles. The lowest BCUT2D eigenvalue weighted by molar-refractivity contribution is 0.765. The number of halogens is 1. The Morgan fingerprint density at radius 1 is 1.69 bits per heavy atom. The maximum Gasteiger partial charge on any atom is 0.110 e. The zero-order valence-electron chi connectivity index (χ0n) is 7.40. The molecule has 4 heteroatoms. The van der Waals surface area contributed by atoms with E-state index in [1.54, 1.807) is 11.8 Å². The van der Waals surface area contributed by atoms with E-state index in [0.717, 1.165) is 21.0 Å². The van der Waals surface area contributed by atoms with Gasteiger partial charge < -0.3 is 0 Å². The number of rotatable bonds is 4. The average molecular weight is 278 g/mol. The molecule has 0 amide bonds. The van der Waals surface area contributed by atoms with Crippen molar-refractivity contribution in [2.24, 2.45) is 5.92 Å². The molecule has 0 fully saturated rings. The van der Waals surface area contributed by atoms with E-state index >= 15 is 0 Å². The monoisotopic (exact) mass is 277 g/mol. The Bertz CT molecular complexity index is 268. The normalized spacial score (nSPS) is 12.8. The van der Waals surface area contributed by atoms with Crippen molar-refractivity contribution in [3.63, 3.8) is 0 Å². The van der Waals surface area contributed by atoms with Crippen LogP contribution in [0.15, 0.2) is 27.8 Å². The summed E-state index contributed by atoms with van der Waals surface area (Å²) in [5.41, 5.74) is 0. The first-order chi connectivity index (χ1) is 6.24. The van der Waals surface area contributed by atoms with Gasteiger partial charge in [-0.25, -0.2) is 4.98 Å². The molecule has 0 spiro atoms. The Morgan fingerprint density at radius 3 is 3.08 bits per heavy atom. The largest absolute Gasteiger partial charge is 0.249 e. The molecule has 0 aliphatic rings. The molecule has 0 bridgehead atoms. The van der Waals surface area contributed by atoms with Gasteiger partial charge >= 0.3 is 0 Å². The lowest BCUT2D eigenvalue weighted by Crippen LogP contribution is -1.99. The van der Waals surface area contributed by atoms with E-state index in [2.05, 4.69) is 40.5 Å². The second-order valence-electron chi connectivity index (χ2n) is 2.89. The molecule has 1 heterocycles. The van der Waals surface area contributed by atoms with Gasteiger partial charge in [0.2, 0.25) is 0 Å². The molecular weight excluding hydrogens is 266 g/mol. The van der Waals surface area contributed by atoms with Crippen molar-refractivity contribution in [2.45, 2.75) is 11.9 Å². The van der Waals surface area contributed by atoms with Crippen LogP contribution in [-0.4, -0.2) is 16.5 Å². The molecule has 13 heavy (non-hydrogen) atoms. The number of pyridine rings is 1. The molecule has 1 nitrogen and oxygen atoms in total. The van der Waals surface area contributed by atoms with Gasteiger partial charge in [0, 0.05) is 16.4 Å². The van der Waals surface area contributed by atoms with Crippen molar-refractivity contribution >= 4 is 40.3 Å². The van der Waals surface area contributed by atoms with Gasteiger partial charge in [0.25, 0.3) is 0 Å². The van der Waals surface area contributed by atoms with Gasteiger partial charge in [-0.05, 0) is 39.7 Å². The van der Waals surface area contributed by atoms with Crippen LogP contribution in [0, 0.1) is 5.92 Å². The minimum absolute atomic E-state index is 0.627. The highest BCUT2D eigenvalue weighted by Gasteiger charge is 2.04. The van der Waals surface area contributed by atoms with Crippen molar-refractivity contribution in [2.75, 3.05) is 11.5 Å². The first-order valence-electron chi connectivity index (χ1n) is 4.08. The second kappa shape index (κ2) is 5.94. The third kappa shape index (κ3) is 3.92. The third-order valence-electron chi connectivity index (χ3n) is 1.54. The fourth-order valence-corrected chi connectivity index (χ4v) is 2.56. The summed E-state index contributed by atoms with van der Waals surface area (Å²) >= 11 is 9.48. The van der Waals surface area contributed by atoms with Crippen molar-refractivity contribution in [3.8, 4) is 0 Å². The molecule has 0 aliphatic heterocycles. The molecule has 72 valence electrons. The summed E-state index contributed by atoms with van der Waals surface area (Å²) in [7, 11) is 0. The third-order valence-corrected chi connectivity index (χ3v) is 4.40. The van der Waals surface area contributed by atoms with Crippen molar-refractivity contribution in [1.82, 2.24) is 4.98 Å². The van der Waals surface area contributed by atoms with Gasteiger partial charge in [-0.15, -0.1) is 11.8 Å². The fourth-order valence-electron chi connectivity index (χ4n) is 0.751. The number of thioether (sulfide) groups is 1. The summed E-state index contributed by atoms with van der Waals surface area (Å²) in [6.45, 7) is 2.19. The summed E-state index contributed by atoms with van der Waals surface area (Å²) in [5, 5.41) is 1.07. The lowest BCUT2D eigenvalue weighted by atomic mass is 10.3. The summed E-state index contributed by atoms with van der Waals surface area (Å²) in [5.74, 6) is 2.62. The van der Waals surface area contributed by atoms with Gasteiger partial charge in [-0.1, -0.05) is 6.92 Å². The maximum absolute atomic E-state index is 4.28. The minimum Gasteiger partial charge on any atom is -0.249 e. The number of nitrogens with zero attached hydrogens (tertiary/aromatic N) is 1. The Hall–Kier alpha value is 0.330. The van der Waals surface area contributed by atoms with Gasteiger partial charge in [-0.3, -0.25) is 0 Å². The van der Waals surface area contributed by atoms with E-state index in [-0.39, 0.29) is 0 Å². The van der Waals surface area contributed by atoms with E-state index in [0.29, 0.717) is 5.92 Å². The van der Waals surface area contributed by atoms with Crippen LogP contribution in [0.4, 0.5) is 0 Å². The molecule has 1 atom stereocenters. The van der Waals surface area contributed by atoms with E-state index in [1.165, 1.54) is 0 Å². The smallest absolute Gasteiger partial charge is 0.110 e. The van der Waals surface area contributed by atoms with Gasteiger partial charge in [-0.2, -0.15) is 12.6 Å². The first-order valence-corrected chi connectivity index (χ1v) is 6.49. The van der Waals surface area contributed by atoms with Crippen molar-refractivity contribution in [3.05, 3.63) is 22.8 Å². The molecule has 0 saturated heterocycles. The summed E-state index contributed by atoms with van der Waals surface area (Å²) in [6, 6.07) is 3.94. The Kier molecular flexibility index (Phi) is 5.21. The fraction of sp³-hybridized carbons (Fsp3) is 0.444. The highest BCUT2D eigenvalue weighted by Crippen LogP contribution is 2.26. The predicted molar refractivity (Wildman–Crippen MR) is 65.7 cm³/mol. The molecule has 0 aromatic carbocycles. The van der Waals surface area contributed by atoms with Crippen LogP contribution in [0.3, 0.4) is 0 Å². The van der Waals surface area contributed by atoms with Crippen LogP contribution < -0.4 is 0 Å². The molecule has 1 rings (SSSR count). The second-order valence-corrected chi connectivity index (χ2v) is 5.12. The average Bonchev–Trinajstić information content (AvgIpc) is 2.16. The van der Waals surface area contributed by atoms with Crippen LogP contribution in [0.1, 0.15) is 6.92 Å². The lowest BCUT2D eigenvalue weighted by Gasteiger charge is -2.07. The summed E-state index contributed by atoms with van der Waals surface area (Å²) in [6.07, 6.45) is 1.82. The standard InChI is InChI=1S/C9H12BrNS2/c1-7(5-12)6-13-9-8(10)3-2-4-11-9/h2-4,7,12H,5-6H2,1H3. The summed E-state index contributed by atoms with van der Waals surface area (Å²) in [4.78, 5) is 4.28. The maximum atomic E-state index is 4.28. The van der Waals surface area contributed by atoms with Crippen molar-refractivity contribution < 1.29 is 0 Å². The molecule has 0 radical (unpaired) electrons. The van der Waals surface area contributed by atoms with E-state index in [9.17, 15) is 0 Å². The quantitative estimate of drug-likeness (QED) is 0.668. The highest BCUT2D eigenvalue weighted by molar-refractivity contribution is 9.10. The zero-order valence-corrected chi connectivity index (χ0v) is 10.7. The highest BCUT2D eigenvalue weighted by atomic mass is 79.9. The first kappa shape index (κ1) is 11.4. The Labute approximate surface area is 97.3 Å². The van der Waals surface area contributed by atoms with Crippen LogP contribution in [0.5, 0.6) is 0 Å². The predicted octanol–water partition coefficient (Wildman–Crippen LogP) is 3.50. The minimum atomic E-state index is 0.627. The Balaban J connectivity index is 2.50. The van der Waals surface area contributed by atoms with Crippen LogP contribution in [0.2, 0.25) is 0 Å². The van der Waals surface area contributed by atoms with Crippen LogP contribution in [0.25, 0.3) is 0 Å². The number of hydrogen-bond acceptors (Lipinski definition) is 3. The number of thiol groups is 1. The van der Waals surface area contributed by atoms with E-state index in [4.69, 9.17) is 0 Å².